The number of aliphatic carboxylic acids is 1. The molecule has 0 radical (unpaired) electrons. The molecule has 7 nitrogen and oxygen atoms in total. The highest BCUT2D eigenvalue weighted by Crippen LogP contribution is 2.30. The molecule has 21 heavy (non-hydrogen) atoms. The number of thiazole rings is 1. The van der Waals surface area contributed by atoms with E-state index >= 15 is 0 Å². The molecule has 8 heteroatoms. The molecule has 1 saturated heterocycles. The number of ether oxygens (including phenoxy) is 1. The van der Waals surface area contributed by atoms with Crippen LogP contribution in [0.25, 0.3) is 0 Å². The van der Waals surface area contributed by atoms with E-state index in [1.807, 2.05) is 0 Å². The van der Waals surface area contributed by atoms with Crippen LogP contribution in [0.4, 0.5) is 9.93 Å². The molecular formula is C13H17N3O4S. The minimum atomic E-state index is -0.918. The Morgan fingerprint density at radius 2 is 2.33 bits per heavy atom. The van der Waals surface area contributed by atoms with Crippen molar-refractivity contribution in [1.29, 1.82) is 0 Å². The van der Waals surface area contributed by atoms with Gasteiger partial charge in [-0.2, -0.15) is 0 Å². The lowest BCUT2D eigenvalue weighted by atomic mass is 10.2. The lowest BCUT2D eigenvalue weighted by Gasteiger charge is -2.32. The standard InChI is InChI=1S/C13H17N3O4S/c17-11(18)6-8-7-16(4-5-20-8)13(19)15-12-14-9-2-1-3-10(9)21-12/h8H,1-7H2,(H,17,18)(H,14,15,19). The first kappa shape index (κ1) is 14.3. The molecule has 114 valence electrons. The Balaban J connectivity index is 1.58. The molecule has 1 fully saturated rings. The van der Waals surface area contributed by atoms with Crippen LogP contribution in [0.3, 0.4) is 0 Å². The van der Waals surface area contributed by atoms with Gasteiger partial charge < -0.3 is 14.7 Å². The summed E-state index contributed by atoms with van der Waals surface area (Å²) in [5, 5.41) is 12.2. The molecule has 1 aromatic heterocycles. The van der Waals surface area contributed by atoms with E-state index in [0.29, 0.717) is 24.8 Å². The molecule has 0 aromatic carbocycles. The Morgan fingerprint density at radius 3 is 3.10 bits per heavy atom. The molecule has 0 saturated carbocycles. The van der Waals surface area contributed by atoms with Crippen LogP contribution in [0, 0.1) is 0 Å². The average molecular weight is 311 g/mol. The molecule has 1 aliphatic carbocycles. The van der Waals surface area contributed by atoms with Crippen molar-refractivity contribution in [3.8, 4) is 0 Å². The van der Waals surface area contributed by atoms with Gasteiger partial charge in [0.25, 0.3) is 0 Å². The van der Waals surface area contributed by atoms with Crippen LogP contribution in [0.5, 0.6) is 0 Å². The molecule has 2 N–H and O–H groups in total. The van der Waals surface area contributed by atoms with Crippen LogP contribution in [0.2, 0.25) is 0 Å². The number of nitrogens with zero attached hydrogens (tertiary/aromatic N) is 2. The molecule has 0 spiro atoms. The van der Waals surface area contributed by atoms with Gasteiger partial charge in [0.2, 0.25) is 0 Å². The number of hydrogen-bond acceptors (Lipinski definition) is 5. The Morgan fingerprint density at radius 1 is 1.48 bits per heavy atom. The minimum Gasteiger partial charge on any atom is -0.481 e. The molecule has 1 unspecified atom stereocenters. The second-order valence-corrected chi connectivity index (χ2v) is 6.29. The van der Waals surface area contributed by atoms with Crippen LogP contribution < -0.4 is 5.32 Å². The van der Waals surface area contributed by atoms with E-state index in [1.54, 1.807) is 4.90 Å². The van der Waals surface area contributed by atoms with Gasteiger partial charge in [-0.25, -0.2) is 9.78 Å². The van der Waals surface area contributed by atoms with Crippen LogP contribution in [-0.4, -0.2) is 52.8 Å². The first-order valence-electron chi connectivity index (χ1n) is 6.99. The van der Waals surface area contributed by atoms with Gasteiger partial charge in [-0.3, -0.25) is 10.1 Å². The Labute approximate surface area is 125 Å². The second kappa shape index (κ2) is 5.98. The van der Waals surface area contributed by atoms with E-state index in [4.69, 9.17) is 9.84 Å². The number of carbonyl (C=O) groups is 2. The highest BCUT2D eigenvalue weighted by Gasteiger charge is 2.27. The number of carboxylic acids is 1. The number of amides is 2. The molecule has 1 aliphatic heterocycles. The fraction of sp³-hybridized carbons (Fsp3) is 0.615. The number of aromatic nitrogens is 1. The summed E-state index contributed by atoms with van der Waals surface area (Å²) in [6, 6.07) is -0.235. The van der Waals surface area contributed by atoms with Crippen LogP contribution in [0.1, 0.15) is 23.4 Å². The highest BCUT2D eigenvalue weighted by atomic mass is 32.1. The van der Waals surface area contributed by atoms with Crippen molar-refractivity contribution in [2.24, 2.45) is 0 Å². The summed E-state index contributed by atoms with van der Waals surface area (Å²) in [7, 11) is 0. The lowest BCUT2D eigenvalue weighted by molar-refractivity contribution is -0.141. The number of urea groups is 1. The van der Waals surface area contributed by atoms with Gasteiger partial charge >= 0.3 is 12.0 Å². The zero-order chi connectivity index (χ0) is 14.8. The Bertz CT molecular complexity index is 538. The van der Waals surface area contributed by atoms with E-state index < -0.39 is 12.1 Å². The maximum Gasteiger partial charge on any atom is 0.323 e. The number of carbonyl (C=O) groups excluding carboxylic acids is 1. The van der Waals surface area contributed by atoms with Crippen LogP contribution >= 0.6 is 11.3 Å². The smallest absolute Gasteiger partial charge is 0.323 e. The monoisotopic (exact) mass is 311 g/mol. The lowest BCUT2D eigenvalue weighted by Crippen LogP contribution is -2.47. The highest BCUT2D eigenvalue weighted by molar-refractivity contribution is 7.15. The van der Waals surface area contributed by atoms with E-state index in [-0.39, 0.29) is 12.5 Å². The van der Waals surface area contributed by atoms with E-state index in [9.17, 15) is 9.59 Å². The number of fused-ring (bicyclic) bond motifs is 1. The second-order valence-electron chi connectivity index (χ2n) is 5.21. The minimum absolute atomic E-state index is 0.0880. The van der Waals surface area contributed by atoms with E-state index in [1.165, 1.54) is 16.2 Å². The quantitative estimate of drug-likeness (QED) is 0.879. The molecule has 1 aromatic rings. The summed E-state index contributed by atoms with van der Waals surface area (Å²) in [5.41, 5.74) is 1.10. The fourth-order valence-corrected chi connectivity index (χ4v) is 3.68. The number of anilines is 1. The molecule has 2 aliphatic rings. The van der Waals surface area contributed by atoms with Crippen LogP contribution in [-0.2, 0) is 22.4 Å². The topological polar surface area (TPSA) is 91.8 Å². The summed E-state index contributed by atoms with van der Waals surface area (Å²) >= 11 is 1.53. The zero-order valence-electron chi connectivity index (χ0n) is 11.5. The predicted molar refractivity (Wildman–Crippen MR) is 76.7 cm³/mol. The summed E-state index contributed by atoms with van der Waals surface area (Å²) in [5.74, 6) is -0.918. The van der Waals surface area contributed by atoms with Crippen LogP contribution in [0.15, 0.2) is 0 Å². The van der Waals surface area contributed by atoms with Crippen molar-refractivity contribution in [1.82, 2.24) is 9.88 Å². The first-order chi connectivity index (χ1) is 10.1. The SMILES string of the molecule is O=C(O)CC1CN(C(=O)Nc2nc3c(s2)CCC3)CCO1. The summed E-state index contributed by atoms with van der Waals surface area (Å²) < 4.78 is 5.35. The van der Waals surface area contributed by atoms with Gasteiger partial charge in [0, 0.05) is 18.0 Å². The summed E-state index contributed by atoms with van der Waals surface area (Å²) in [6.07, 6.45) is 2.64. The summed E-state index contributed by atoms with van der Waals surface area (Å²) in [6.45, 7) is 1.12. The van der Waals surface area contributed by atoms with Gasteiger partial charge in [0.05, 0.1) is 24.8 Å². The molecule has 1 atom stereocenters. The van der Waals surface area contributed by atoms with Crippen molar-refractivity contribution in [2.75, 3.05) is 25.0 Å². The van der Waals surface area contributed by atoms with Crippen molar-refractivity contribution < 1.29 is 19.4 Å². The van der Waals surface area contributed by atoms with E-state index in [2.05, 4.69) is 10.3 Å². The first-order valence-corrected chi connectivity index (χ1v) is 7.81. The van der Waals surface area contributed by atoms with Gasteiger partial charge in [-0.05, 0) is 19.3 Å². The van der Waals surface area contributed by atoms with Gasteiger partial charge in [0.15, 0.2) is 5.13 Å². The van der Waals surface area contributed by atoms with Crippen molar-refractivity contribution in [3.05, 3.63) is 10.6 Å². The Kier molecular flexibility index (Phi) is 4.07. The summed E-state index contributed by atoms with van der Waals surface area (Å²) in [4.78, 5) is 30.2. The van der Waals surface area contributed by atoms with Crippen molar-refractivity contribution in [3.63, 3.8) is 0 Å². The number of rotatable bonds is 3. The van der Waals surface area contributed by atoms with Crippen molar-refractivity contribution >= 4 is 28.5 Å². The van der Waals surface area contributed by atoms with Crippen molar-refractivity contribution in [2.45, 2.75) is 31.8 Å². The molecule has 3 rings (SSSR count). The largest absolute Gasteiger partial charge is 0.481 e. The molecule has 0 bridgehead atoms. The normalized spacial score (nSPS) is 21.1. The van der Waals surface area contributed by atoms with Gasteiger partial charge in [-0.1, -0.05) is 0 Å². The number of nitrogens with one attached hydrogen (secondary N) is 1. The maximum absolute atomic E-state index is 12.2. The maximum atomic E-state index is 12.2. The third-order valence-electron chi connectivity index (χ3n) is 3.64. The number of aryl methyl sites for hydroxylation is 2. The molecular weight excluding hydrogens is 294 g/mol. The van der Waals surface area contributed by atoms with Gasteiger partial charge in [0.1, 0.15) is 0 Å². The Hall–Kier alpha value is -1.67. The zero-order valence-corrected chi connectivity index (χ0v) is 12.3. The fourth-order valence-electron chi connectivity index (χ4n) is 2.64. The third-order valence-corrected chi connectivity index (χ3v) is 4.71. The molecule has 2 heterocycles. The number of hydrogen-bond donors (Lipinski definition) is 2. The molecule has 2 amide bonds. The van der Waals surface area contributed by atoms with Gasteiger partial charge in [-0.15, -0.1) is 11.3 Å². The average Bonchev–Trinajstić information content (AvgIpc) is 2.99. The third kappa shape index (κ3) is 3.33. The number of morpholine rings is 1. The van der Waals surface area contributed by atoms with E-state index in [0.717, 1.165) is 25.0 Å². The predicted octanol–water partition coefficient (Wildman–Crippen LogP) is 1.34. The number of carboxylic acid groups (broad SMARTS) is 1.